The predicted octanol–water partition coefficient (Wildman–Crippen LogP) is 2.96. The molecule has 0 heterocycles. The van der Waals surface area contributed by atoms with E-state index in [0.717, 1.165) is 19.3 Å². The van der Waals surface area contributed by atoms with E-state index in [0.29, 0.717) is 30.3 Å². The van der Waals surface area contributed by atoms with Crippen LogP contribution < -0.4 is 0 Å². The second-order valence-electron chi connectivity index (χ2n) is 5.20. The lowest BCUT2D eigenvalue weighted by atomic mass is 9.63. The summed E-state index contributed by atoms with van der Waals surface area (Å²) in [6.45, 7) is 0.683. The molecule has 0 spiro atoms. The van der Waals surface area contributed by atoms with Gasteiger partial charge in [0.1, 0.15) is 5.78 Å². The van der Waals surface area contributed by atoms with E-state index >= 15 is 0 Å². The monoisotopic (exact) mass is 230 g/mol. The van der Waals surface area contributed by atoms with Crippen LogP contribution in [0.4, 0.5) is 0 Å². The van der Waals surface area contributed by atoms with Gasteiger partial charge in [-0.2, -0.15) is 0 Å². The van der Waals surface area contributed by atoms with E-state index in [2.05, 4.69) is 12.1 Å². The first-order valence-electron chi connectivity index (χ1n) is 6.53. The highest BCUT2D eigenvalue weighted by Gasteiger charge is 2.47. The van der Waals surface area contributed by atoms with Crippen LogP contribution in [-0.2, 0) is 16.1 Å². The van der Waals surface area contributed by atoms with Crippen molar-refractivity contribution < 1.29 is 9.53 Å². The summed E-state index contributed by atoms with van der Waals surface area (Å²) in [6, 6.07) is 10.3. The molecule has 2 nitrogen and oxygen atoms in total. The Hall–Kier alpha value is -1.15. The van der Waals surface area contributed by atoms with Crippen molar-refractivity contribution in [3.63, 3.8) is 0 Å². The van der Waals surface area contributed by atoms with E-state index in [1.165, 1.54) is 12.0 Å². The fourth-order valence-electron chi connectivity index (χ4n) is 3.09. The maximum atomic E-state index is 11.6. The molecular weight excluding hydrogens is 212 g/mol. The number of ether oxygens (including phenoxy) is 1. The van der Waals surface area contributed by atoms with E-state index in [4.69, 9.17) is 4.74 Å². The van der Waals surface area contributed by atoms with Gasteiger partial charge in [-0.1, -0.05) is 30.3 Å². The molecule has 3 unspecified atom stereocenters. The average Bonchev–Trinajstić information content (AvgIpc) is 2.33. The normalized spacial score (nSPS) is 31.8. The number of benzene rings is 1. The summed E-state index contributed by atoms with van der Waals surface area (Å²) >= 11 is 0. The minimum Gasteiger partial charge on any atom is -0.373 e. The molecule has 90 valence electrons. The van der Waals surface area contributed by atoms with Gasteiger partial charge in [-0.25, -0.2) is 0 Å². The van der Waals surface area contributed by atoms with Crippen molar-refractivity contribution in [2.45, 2.75) is 38.4 Å². The largest absolute Gasteiger partial charge is 0.373 e. The van der Waals surface area contributed by atoms with Gasteiger partial charge < -0.3 is 4.74 Å². The zero-order chi connectivity index (χ0) is 11.7. The van der Waals surface area contributed by atoms with Gasteiger partial charge in [0.25, 0.3) is 0 Å². The first-order chi connectivity index (χ1) is 8.34. The van der Waals surface area contributed by atoms with E-state index in [1.54, 1.807) is 0 Å². The summed E-state index contributed by atoms with van der Waals surface area (Å²) in [5.74, 6) is 1.31. The molecule has 2 aliphatic rings. The van der Waals surface area contributed by atoms with E-state index < -0.39 is 0 Å². The van der Waals surface area contributed by atoms with Gasteiger partial charge in [0.05, 0.1) is 12.7 Å². The summed E-state index contributed by atoms with van der Waals surface area (Å²) in [5, 5.41) is 0. The molecule has 0 amide bonds. The molecule has 0 N–H and O–H groups in total. The lowest BCUT2D eigenvalue weighted by Gasteiger charge is -2.46. The molecule has 2 heteroatoms. The molecular formula is C15H18O2. The Morgan fingerprint density at radius 2 is 2.06 bits per heavy atom. The van der Waals surface area contributed by atoms with Crippen LogP contribution >= 0.6 is 0 Å². The number of carbonyl (C=O) groups excluding carboxylic acids is 1. The molecule has 0 bridgehead atoms. The molecule has 0 saturated heterocycles. The molecule has 2 aliphatic carbocycles. The number of ketones is 1. The van der Waals surface area contributed by atoms with Crippen LogP contribution in [0.25, 0.3) is 0 Å². The second kappa shape index (κ2) is 4.61. The first kappa shape index (κ1) is 11.0. The number of Topliss-reactive ketones (excluding diaryl/α,β-unsaturated/α-hetero) is 1. The quantitative estimate of drug-likeness (QED) is 0.798. The van der Waals surface area contributed by atoms with Gasteiger partial charge in [0.15, 0.2) is 0 Å². The lowest BCUT2D eigenvalue weighted by Crippen LogP contribution is -2.49. The smallest absolute Gasteiger partial charge is 0.136 e. The van der Waals surface area contributed by atoms with Crippen LogP contribution in [0.1, 0.15) is 31.2 Å². The van der Waals surface area contributed by atoms with Crippen molar-refractivity contribution in [3.8, 4) is 0 Å². The van der Waals surface area contributed by atoms with Crippen molar-refractivity contribution >= 4 is 5.78 Å². The maximum absolute atomic E-state index is 11.6. The van der Waals surface area contributed by atoms with E-state index in [-0.39, 0.29) is 0 Å². The molecule has 2 fully saturated rings. The summed E-state index contributed by atoms with van der Waals surface area (Å²) in [5.41, 5.74) is 1.22. The van der Waals surface area contributed by atoms with Gasteiger partial charge in [-0.15, -0.1) is 0 Å². The molecule has 1 aromatic rings. The molecule has 3 rings (SSSR count). The third kappa shape index (κ3) is 2.14. The Balaban J connectivity index is 1.53. The van der Waals surface area contributed by atoms with Crippen LogP contribution in [0.2, 0.25) is 0 Å². The molecule has 0 radical (unpaired) electrons. The van der Waals surface area contributed by atoms with E-state index in [9.17, 15) is 4.79 Å². The average molecular weight is 230 g/mol. The molecule has 17 heavy (non-hydrogen) atoms. The Morgan fingerprint density at radius 3 is 2.88 bits per heavy atom. The number of carbonyl (C=O) groups is 1. The van der Waals surface area contributed by atoms with Crippen molar-refractivity contribution in [2.24, 2.45) is 11.8 Å². The summed E-state index contributed by atoms with van der Waals surface area (Å²) < 4.78 is 5.93. The molecule has 0 aromatic heterocycles. The minimum atomic E-state index is 0.324. The summed E-state index contributed by atoms with van der Waals surface area (Å²) in [6.07, 6.45) is 4.31. The SMILES string of the molecule is O=C1CCCC2C(OCc3ccccc3)CC12. The van der Waals surface area contributed by atoms with Gasteiger partial charge in [-0.05, 0) is 30.7 Å². The van der Waals surface area contributed by atoms with Crippen molar-refractivity contribution in [3.05, 3.63) is 35.9 Å². The topological polar surface area (TPSA) is 26.3 Å². The van der Waals surface area contributed by atoms with Gasteiger partial charge >= 0.3 is 0 Å². The van der Waals surface area contributed by atoms with Crippen LogP contribution in [0, 0.1) is 11.8 Å². The van der Waals surface area contributed by atoms with Crippen LogP contribution in [0.15, 0.2) is 30.3 Å². The van der Waals surface area contributed by atoms with Gasteiger partial charge in [-0.3, -0.25) is 4.79 Å². The van der Waals surface area contributed by atoms with Crippen molar-refractivity contribution in [1.29, 1.82) is 0 Å². The number of rotatable bonds is 3. The Labute approximate surface area is 102 Å². The highest BCUT2D eigenvalue weighted by Crippen LogP contribution is 2.45. The molecule has 0 aliphatic heterocycles. The van der Waals surface area contributed by atoms with Gasteiger partial charge in [0.2, 0.25) is 0 Å². The fourth-order valence-corrected chi connectivity index (χ4v) is 3.09. The standard InChI is InChI=1S/C15H18O2/c16-14-8-4-7-12-13(14)9-15(12)17-10-11-5-2-1-3-6-11/h1-3,5-6,12-13,15H,4,7-10H2. The number of hydrogen-bond donors (Lipinski definition) is 0. The molecule has 3 atom stereocenters. The van der Waals surface area contributed by atoms with Crippen molar-refractivity contribution in [2.75, 3.05) is 0 Å². The molecule has 1 aromatic carbocycles. The summed E-state index contributed by atoms with van der Waals surface area (Å²) in [7, 11) is 0. The van der Waals surface area contributed by atoms with Crippen LogP contribution in [-0.4, -0.2) is 11.9 Å². The van der Waals surface area contributed by atoms with Gasteiger partial charge in [0, 0.05) is 12.3 Å². The number of fused-ring (bicyclic) bond motifs is 1. The highest BCUT2D eigenvalue weighted by molar-refractivity contribution is 5.83. The zero-order valence-electron chi connectivity index (χ0n) is 9.97. The van der Waals surface area contributed by atoms with Crippen LogP contribution in [0.3, 0.4) is 0 Å². The minimum absolute atomic E-state index is 0.324. The first-order valence-corrected chi connectivity index (χ1v) is 6.53. The predicted molar refractivity (Wildman–Crippen MR) is 65.5 cm³/mol. The maximum Gasteiger partial charge on any atom is 0.136 e. The second-order valence-corrected chi connectivity index (χ2v) is 5.20. The lowest BCUT2D eigenvalue weighted by molar-refractivity contribution is -0.150. The Bertz CT molecular complexity index is 399. The Kier molecular flexibility index (Phi) is 2.98. The van der Waals surface area contributed by atoms with E-state index in [1.807, 2.05) is 18.2 Å². The fraction of sp³-hybridized carbons (Fsp3) is 0.533. The third-order valence-electron chi connectivity index (χ3n) is 4.16. The Morgan fingerprint density at radius 1 is 1.24 bits per heavy atom. The third-order valence-corrected chi connectivity index (χ3v) is 4.16. The summed E-state index contributed by atoms with van der Waals surface area (Å²) in [4.78, 5) is 11.6. The van der Waals surface area contributed by atoms with Crippen molar-refractivity contribution in [1.82, 2.24) is 0 Å². The number of hydrogen-bond acceptors (Lipinski definition) is 2. The highest BCUT2D eigenvalue weighted by atomic mass is 16.5. The molecule has 2 saturated carbocycles. The zero-order valence-corrected chi connectivity index (χ0v) is 9.97. The van der Waals surface area contributed by atoms with Crippen LogP contribution in [0.5, 0.6) is 0 Å².